The Kier molecular flexibility index (Phi) is 2.87. The average molecular weight is 180 g/mol. The van der Waals surface area contributed by atoms with Gasteiger partial charge in [-0.1, -0.05) is 0 Å². The van der Waals surface area contributed by atoms with E-state index in [1.165, 1.54) is 7.05 Å². The van der Waals surface area contributed by atoms with Crippen molar-refractivity contribution in [2.24, 2.45) is 5.84 Å². The van der Waals surface area contributed by atoms with E-state index >= 15 is 0 Å². The number of carbonyl (C=O) groups is 1. The van der Waals surface area contributed by atoms with Crippen LogP contribution in [0, 0.1) is 0 Å². The molecule has 0 atom stereocenters. The van der Waals surface area contributed by atoms with Gasteiger partial charge in [0, 0.05) is 12.6 Å². The molecule has 0 saturated heterocycles. The summed E-state index contributed by atoms with van der Waals surface area (Å²) < 4.78 is 4.95. The van der Waals surface area contributed by atoms with Crippen LogP contribution in [0.25, 0.3) is 0 Å². The van der Waals surface area contributed by atoms with Gasteiger partial charge in [-0.15, -0.1) is 0 Å². The van der Waals surface area contributed by atoms with Crippen LogP contribution in [0.15, 0.2) is 24.3 Å². The van der Waals surface area contributed by atoms with E-state index in [-0.39, 0.29) is 5.91 Å². The number of carbonyl (C=O) groups excluding carboxylic acids is 1. The van der Waals surface area contributed by atoms with Crippen molar-refractivity contribution >= 4 is 5.91 Å². The van der Waals surface area contributed by atoms with Gasteiger partial charge in [0.2, 0.25) is 0 Å². The molecule has 0 saturated carbocycles. The van der Waals surface area contributed by atoms with Crippen LogP contribution in [0.4, 0.5) is 0 Å². The molecule has 1 aromatic carbocycles. The van der Waals surface area contributed by atoms with Gasteiger partial charge >= 0.3 is 0 Å². The standard InChI is InChI=1S/C9H12N2O2/c1-11(10)9(12)7-3-5-8(13-2)6-4-7/h3-6H,10H2,1-2H3. The van der Waals surface area contributed by atoms with Crippen molar-refractivity contribution in [3.8, 4) is 5.75 Å². The molecule has 0 fully saturated rings. The Bertz CT molecular complexity index is 293. The summed E-state index contributed by atoms with van der Waals surface area (Å²) in [4.78, 5) is 11.3. The fourth-order valence-corrected chi connectivity index (χ4v) is 0.937. The maximum Gasteiger partial charge on any atom is 0.267 e. The monoisotopic (exact) mass is 180 g/mol. The maximum absolute atomic E-state index is 11.3. The van der Waals surface area contributed by atoms with E-state index in [0.717, 1.165) is 10.8 Å². The molecule has 0 aliphatic carbocycles. The maximum atomic E-state index is 11.3. The zero-order chi connectivity index (χ0) is 9.84. The van der Waals surface area contributed by atoms with E-state index in [1.54, 1.807) is 31.4 Å². The van der Waals surface area contributed by atoms with Crippen molar-refractivity contribution in [3.63, 3.8) is 0 Å². The van der Waals surface area contributed by atoms with Crippen molar-refractivity contribution in [1.82, 2.24) is 5.01 Å². The molecule has 0 radical (unpaired) electrons. The molecule has 0 aliphatic rings. The lowest BCUT2D eigenvalue weighted by atomic mass is 10.2. The number of methoxy groups -OCH3 is 1. The molecule has 1 aromatic rings. The van der Waals surface area contributed by atoms with E-state index in [9.17, 15) is 4.79 Å². The van der Waals surface area contributed by atoms with Gasteiger partial charge in [0.15, 0.2) is 0 Å². The first-order valence-electron chi connectivity index (χ1n) is 3.82. The van der Waals surface area contributed by atoms with Crippen molar-refractivity contribution in [1.29, 1.82) is 0 Å². The second-order valence-corrected chi connectivity index (χ2v) is 2.64. The molecule has 1 rings (SSSR count). The molecular formula is C9H12N2O2. The minimum absolute atomic E-state index is 0.220. The molecular weight excluding hydrogens is 168 g/mol. The highest BCUT2D eigenvalue weighted by atomic mass is 16.5. The minimum atomic E-state index is -0.220. The first-order chi connectivity index (χ1) is 6.15. The van der Waals surface area contributed by atoms with E-state index < -0.39 is 0 Å². The van der Waals surface area contributed by atoms with Crippen molar-refractivity contribution in [2.75, 3.05) is 14.2 Å². The van der Waals surface area contributed by atoms with Crippen LogP contribution in [0.3, 0.4) is 0 Å². The summed E-state index contributed by atoms with van der Waals surface area (Å²) in [6.45, 7) is 0. The minimum Gasteiger partial charge on any atom is -0.497 e. The number of amides is 1. The molecule has 0 aromatic heterocycles. The van der Waals surface area contributed by atoms with Crippen LogP contribution in [-0.4, -0.2) is 25.1 Å². The van der Waals surface area contributed by atoms with Gasteiger partial charge in [0.05, 0.1) is 7.11 Å². The number of rotatable bonds is 2. The number of hydrogen-bond donors (Lipinski definition) is 1. The summed E-state index contributed by atoms with van der Waals surface area (Å²) in [5.74, 6) is 5.79. The van der Waals surface area contributed by atoms with E-state index in [0.29, 0.717) is 5.56 Å². The number of nitrogens with two attached hydrogens (primary N) is 1. The lowest BCUT2D eigenvalue weighted by molar-refractivity contribution is 0.0795. The van der Waals surface area contributed by atoms with Crippen molar-refractivity contribution < 1.29 is 9.53 Å². The summed E-state index contributed by atoms with van der Waals surface area (Å²) in [5.41, 5.74) is 0.547. The van der Waals surface area contributed by atoms with Gasteiger partial charge in [-0.2, -0.15) is 0 Å². The zero-order valence-electron chi connectivity index (χ0n) is 7.65. The van der Waals surface area contributed by atoms with Crippen molar-refractivity contribution in [2.45, 2.75) is 0 Å². The van der Waals surface area contributed by atoms with Crippen LogP contribution >= 0.6 is 0 Å². The molecule has 0 heterocycles. The number of ether oxygens (including phenoxy) is 1. The number of hydrogen-bond acceptors (Lipinski definition) is 3. The Morgan fingerprint density at radius 1 is 1.38 bits per heavy atom. The van der Waals surface area contributed by atoms with Crippen LogP contribution in [-0.2, 0) is 0 Å². The number of benzene rings is 1. The van der Waals surface area contributed by atoms with Crippen LogP contribution in [0.2, 0.25) is 0 Å². The molecule has 0 aliphatic heterocycles. The Morgan fingerprint density at radius 3 is 2.31 bits per heavy atom. The topological polar surface area (TPSA) is 55.6 Å². The van der Waals surface area contributed by atoms with Crippen LogP contribution in [0.1, 0.15) is 10.4 Å². The number of nitrogens with zero attached hydrogens (tertiary/aromatic N) is 1. The molecule has 4 heteroatoms. The normalized spacial score (nSPS) is 9.46. The largest absolute Gasteiger partial charge is 0.497 e. The Balaban J connectivity index is 2.86. The van der Waals surface area contributed by atoms with E-state index in [1.807, 2.05) is 0 Å². The molecule has 13 heavy (non-hydrogen) atoms. The van der Waals surface area contributed by atoms with Crippen molar-refractivity contribution in [3.05, 3.63) is 29.8 Å². The van der Waals surface area contributed by atoms with Crippen LogP contribution < -0.4 is 10.6 Å². The molecule has 2 N–H and O–H groups in total. The highest BCUT2D eigenvalue weighted by Gasteiger charge is 2.07. The second-order valence-electron chi connectivity index (χ2n) is 2.64. The second kappa shape index (κ2) is 3.91. The first-order valence-corrected chi connectivity index (χ1v) is 3.82. The van der Waals surface area contributed by atoms with E-state index in [2.05, 4.69) is 0 Å². The highest BCUT2D eigenvalue weighted by Crippen LogP contribution is 2.11. The summed E-state index contributed by atoms with van der Waals surface area (Å²) in [7, 11) is 3.08. The molecule has 4 nitrogen and oxygen atoms in total. The third-order valence-corrected chi connectivity index (χ3v) is 1.66. The molecule has 70 valence electrons. The fraction of sp³-hybridized carbons (Fsp3) is 0.222. The van der Waals surface area contributed by atoms with Gasteiger partial charge in [-0.05, 0) is 24.3 Å². The molecule has 1 amide bonds. The third-order valence-electron chi connectivity index (χ3n) is 1.66. The summed E-state index contributed by atoms with van der Waals surface area (Å²) >= 11 is 0. The lowest BCUT2D eigenvalue weighted by Crippen LogP contribution is -2.32. The molecule has 0 spiro atoms. The summed E-state index contributed by atoms with van der Waals surface area (Å²) in [6.07, 6.45) is 0. The van der Waals surface area contributed by atoms with Crippen LogP contribution in [0.5, 0.6) is 5.75 Å². The smallest absolute Gasteiger partial charge is 0.267 e. The Morgan fingerprint density at radius 2 is 1.92 bits per heavy atom. The zero-order valence-corrected chi connectivity index (χ0v) is 7.65. The quantitative estimate of drug-likeness (QED) is 0.413. The van der Waals surface area contributed by atoms with Gasteiger partial charge in [0.25, 0.3) is 5.91 Å². The predicted molar refractivity (Wildman–Crippen MR) is 49.3 cm³/mol. The van der Waals surface area contributed by atoms with Gasteiger partial charge < -0.3 is 4.74 Å². The molecule has 0 bridgehead atoms. The average Bonchev–Trinajstić information content (AvgIpc) is 2.17. The van der Waals surface area contributed by atoms with Gasteiger partial charge in [-0.3, -0.25) is 9.80 Å². The predicted octanol–water partition coefficient (Wildman–Crippen LogP) is 0.641. The van der Waals surface area contributed by atoms with Gasteiger partial charge in [-0.25, -0.2) is 5.84 Å². The van der Waals surface area contributed by atoms with Gasteiger partial charge in [0.1, 0.15) is 5.75 Å². The fourth-order valence-electron chi connectivity index (χ4n) is 0.937. The summed E-state index contributed by atoms with van der Waals surface area (Å²) in [6, 6.07) is 6.78. The first kappa shape index (κ1) is 9.54. The Hall–Kier alpha value is -1.55. The highest BCUT2D eigenvalue weighted by molar-refractivity contribution is 5.93. The van der Waals surface area contributed by atoms with E-state index in [4.69, 9.17) is 10.6 Å². The lowest BCUT2D eigenvalue weighted by Gasteiger charge is -2.09. The Labute approximate surface area is 76.9 Å². The SMILES string of the molecule is COc1ccc(C(=O)N(C)N)cc1. The summed E-state index contributed by atoms with van der Waals surface area (Å²) in [5, 5.41) is 1.04. The number of hydrazine groups is 1. The third kappa shape index (κ3) is 2.19. The molecule has 0 unspecified atom stereocenters.